The van der Waals surface area contributed by atoms with Gasteiger partial charge in [-0.3, -0.25) is 4.79 Å². The molecule has 0 bridgehead atoms. The number of esters is 1. The van der Waals surface area contributed by atoms with Crippen molar-refractivity contribution in [1.82, 2.24) is 0 Å². The number of nitrogens with two attached hydrogens (primary N) is 1. The Morgan fingerprint density at radius 1 is 1.62 bits per heavy atom. The monoisotopic (exact) mass is 236 g/mol. The second-order valence-corrected chi connectivity index (χ2v) is 3.65. The van der Waals surface area contributed by atoms with Crippen molar-refractivity contribution in [3.63, 3.8) is 0 Å². The molecule has 0 saturated heterocycles. The normalized spacial score (nSPS) is 9.62. The van der Waals surface area contributed by atoms with Crippen molar-refractivity contribution >= 4 is 18.6 Å². The van der Waals surface area contributed by atoms with Crippen LogP contribution in [-0.4, -0.2) is 13.1 Å². The molecule has 0 aliphatic heterocycles. The van der Waals surface area contributed by atoms with Gasteiger partial charge in [-0.1, -0.05) is 6.07 Å². The summed E-state index contributed by atoms with van der Waals surface area (Å²) >= 11 is 4.22. The molecule has 0 atom stereocenters. The molecule has 84 valence electrons. The summed E-state index contributed by atoms with van der Waals surface area (Å²) in [5, 5.41) is 9.05. The fourth-order valence-corrected chi connectivity index (χ4v) is 1.66. The summed E-state index contributed by atoms with van der Waals surface area (Å²) in [5.41, 5.74) is 7.21. The van der Waals surface area contributed by atoms with E-state index < -0.39 is 5.97 Å². The Bertz CT molecular complexity index is 452. The minimum absolute atomic E-state index is 0.0338. The van der Waals surface area contributed by atoms with Crippen LogP contribution in [0.1, 0.15) is 16.7 Å². The molecule has 4 nitrogen and oxygen atoms in total. The van der Waals surface area contributed by atoms with E-state index in [2.05, 4.69) is 17.4 Å². The summed E-state index contributed by atoms with van der Waals surface area (Å²) in [6.07, 6.45) is 0.0338. The lowest BCUT2D eigenvalue weighted by Gasteiger charge is -2.09. The lowest BCUT2D eigenvalue weighted by atomic mass is 9.99. The molecule has 0 saturated carbocycles. The summed E-state index contributed by atoms with van der Waals surface area (Å²) in [5.74, 6) is -0.402. The number of carbonyl (C=O) groups excluding carboxylic acids is 1. The maximum Gasteiger partial charge on any atom is 0.310 e. The molecular formula is C11H12N2O2S. The van der Waals surface area contributed by atoms with Gasteiger partial charge in [-0.25, -0.2) is 0 Å². The number of benzene rings is 1. The number of carbonyl (C=O) groups is 1. The van der Waals surface area contributed by atoms with E-state index in [1.54, 1.807) is 12.1 Å². The predicted octanol–water partition coefficient (Wildman–Crippen LogP) is 1.02. The Morgan fingerprint density at radius 2 is 2.31 bits per heavy atom. The largest absolute Gasteiger partial charge is 0.469 e. The molecular weight excluding hydrogens is 224 g/mol. The number of ether oxygens (including phenoxy) is 1. The Hall–Kier alpha value is -1.51. The van der Waals surface area contributed by atoms with Gasteiger partial charge in [0.05, 0.1) is 25.2 Å². The van der Waals surface area contributed by atoms with Crippen molar-refractivity contribution in [3.8, 4) is 6.07 Å². The predicted molar refractivity (Wildman–Crippen MR) is 62.0 cm³/mol. The third-order valence-corrected chi connectivity index (χ3v) is 2.67. The van der Waals surface area contributed by atoms with Gasteiger partial charge in [0.2, 0.25) is 0 Å². The molecule has 1 aromatic carbocycles. The molecule has 0 aliphatic rings. The van der Waals surface area contributed by atoms with E-state index in [4.69, 9.17) is 11.0 Å². The highest BCUT2D eigenvalue weighted by Crippen LogP contribution is 2.22. The van der Waals surface area contributed by atoms with Gasteiger partial charge in [0, 0.05) is 11.4 Å². The smallest absolute Gasteiger partial charge is 0.310 e. The van der Waals surface area contributed by atoms with E-state index >= 15 is 0 Å². The van der Waals surface area contributed by atoms with Crippen molar-refractivity contribution in [2.45, 2.75) is 17.9 Å². The number of hydrogen-bond donors (Lipinski definition) is 2. The quantitative estimate of drug-likeness (QED) is 0.607. The average Bonchev–Trinajstić information content (AvgIpc) is 2.31. The van der Waals surface area contributed by atoms with Crippen LogP contribution in [0.5, 0.6) is 0 Å². The van der Waals surface area contributed by atoms with Gasteiger partial charge in [-0.05, 0) is 17.2 Å². The number of rotatable bonds is 3. The summed E-state index contributed by atoms with van der Waals surface area (Å²) in [4.78, 5) is 11.8. The number of nitriles is 1. The Balaban J connectivity index is 3.25. The minimum atomic E-state index is -0.402. The zero-order valence-corrected chi connectivity index (χ0v) is 9.75. The van der Waals surface area contributed by atoms with Gasteiger partial charge in [0.1, 0.15) is 0 Å². The molecule has 0 radical (unpaired) electrons. The van der Waals surface area contributed by atoms with Crippen molar-refractivity contribution < 1.29 is 9.53 Å². The summed E-state index contributed by atoms with van der Waals surface area (Å²) < 4.78 is 4.57. The van der Waals surface area contributed by atoms with Crippen LogP contribution < -0.4 is 5.73 Å². The Labute approximate surface area is 99.4 Å². The van der Waals surface area contributed by atoms with Gasteiger partial charge in [-0.15, -0.1) is 12.6 Å². The van der Waals surface area contributed by atoms with Crippen molar-refractivity contribution in [2.24, 2.45) is 5.73 Å². The molecule has 0 aliphatic carbocycles. The lowest BCUT2D eigenvalue weighted by molar-refractivity contribution is -0.139. The fraction of sp³-hybridized carbons (Fsp3) is 0.273. The maximum absolute atomic E-state index is 11.2. The van der Waals surface area contributed by atoms with Crippen molar-refractivity contribution in [1.29, 1.82) is 5.26 Å². The maximum atomic E-state index is 11.2. The fourth-order valence-electron chi connectivity index (χ4n) is 1.39. The Morgan fingerprint density at radius 3 is 2.81 bits per heavy atom. The molecule has 1 aromatic rings. The summed E-state index contributed by atoms with van der Waals surface area (Å²) in [7, 11) is 1.30. The van der Waals surface area contributed by atoms with Crippen LogP contribution in [0.4, 0.5) is 0 Å². The summed E-state index contributed by atoms with van der Waals surface area (Å²) in [6.45, 7) is 0.255. The third kappa shape index (κ3) is 2.54. The van der Waals surface area contributed by atoms with E-state index in [1.807, 2.05) is 6.07 Å². The van der Waals surface area contributed by atoms with E-state index in [-0.39, 0.29) is 13.0 Å². The van der Waals surface area contributed by atoms with Gasteiger partial charge < -0.3 is 10.5 Å². The first-order valence-electron chi connectivity index (χ1n) is 4.64. The molecule has 5 heteroatoms. The molecule has 1 rings (SSSR count). The van der Waals surface area contributed by atoms with E-state index in [0.29, 0.717) is 21.6 Å². The first-order valence-corrected chi connectivity index (χ1v) is 5.09. The second kappa shape index (κ2) is 5.54. The highest BCUT2D eigenvalue weighted by atomic mass is 32.1. The average molecular weight is 236 g/mol. The SMILES string of the molecule is COC(=O)Cc1c(S)ccc(CN)c1C#N. The molecule has 0 fully saturated rings. The van der Waals surface area contributed by atoms with E-state index in [9.17, 15) is 4.79 Å². The highest BCUT2D eigenvalue weighted by molar-refractivity contribution is 7.80. The lowest BCUT2D eigenvalue weighted by Crippen LogP contribution is -2.09. The Kier molecular flexibility index (Phi) is 4.35. The number of methoxy groups -OCH3 is 1. The van der Waals surface area contributed by atoms with Crippen LogP contribution in [0.2, 0.25) is 0 Å². The van der Waals surface area contributed by atoms with E-state index in [0.717, 1.165) is 0 Å². The van der Waals surface area contributed by atoms with Gasteiger partial charge in [-0.2, -0.15) is 5.26 Å². The van der Waals surface area contributed by atoms with Crippen LogP contribution in [0.3, 0.4) is 0 Å². The zero-order chi connectivity index (χ0) is 12.1. The van der Waals surface area contributed by atoms with Gasteiger partial charge in [0.25, 0.3) is 0 Å². The van der Waals surface area contributed by atoms with Crippen molar-refractivity contribution in [2.75, 3.05) is 7.11 Å². The summed E-state index contributed by atoms with van der Waals surface area (Å²) in [6, 6.07) is 5.51. The van der Waals surface area contributed by atoms with Crippen LogP contribution in [-0.2, 0) is 22.5 Å². The van der Waals surface area contributed by atoms with Crippen LogP contribution in [0, 0.1) is 11.3 Å². The molecule has 0 amide bonds. The van der Waals surface area contributed by atoms with Gasteiger partial charge in [0.15, 0.2) is 0 Å². The first-order chi connectivity index (χ1) is 7.63. The number of nitrogens with zero attached hydrogens (tertiary/aromatic N) is 1. The standard InChI is InChI=1S/C11H12N2O2S/c1-15-11(14)4-8-9(6-13)7(5-12)2-3-10(8)16/h2-3,16H,4-5,12H2,1H3. The molecule has 0 unspecified atom stereocenters. The van der Waals surface area contributed by atoms with E-state index in [1.165, 1.54) is 7.11 Å². The molecule has 0 aromatic heterocycles. The minimum Gasteiger partial charge on any atom is -0.469 e. The van der Waals surface area contributed by atoms with Crippen LogP contribution >= 0.6 is 12.6 Å². The van der Waals surface area contributed by atoms with Gasteiger partial charge >= 0.3 is 5.97 Å². The molecule has 2 N–H and O–H groups in total. The van der Waals surface area contributed by atoms with Crippen molar-refractivity contribution in [3.05, 3.63) is 28.8 Å². The molecule has 0 spiro atoms. The second-order valence-electron chi connectivity index (χ2n) is 3.17. The molecule has 16 heavy (non-hydrogen) atoms. The van der Waals surface area contributed by atoms with Crippen LogP contribution in [0.15, 0.2) is 17.0 Å². The van der Waals surface area contributed by atoms with Crippen LogP contribution in [0.25, 0.3) is 0 Å². The third-order valence-electron chi connectivity index (χ3n) is 2.25. The zero-order valence-electron chi connectivity index (χ0n) is 8.86. The first kappa shape index (κ1) is 12.6. The number of thiol groups is 1. The number of hydrogen-bond acceptors (Lipinski definition) is 5. The topological polar surface area (TPSA) is 76.1 Å². The molecule has 0 heterocycles. The highest BCUT2D eigenvalue weighted by Gasteiger charge is 2.14.